The highest BCUT2D eigenvalue weighted by atomic mass is 16.4. The van der Waals surface area contributed by atoms with Crippen molar-refractivity contribution in [2.75, 3.05) is 13.1 Å². The standard InChI is InChI=1S/C11H19N3O4/c12-9(15)7-8(10(16)17)13-11(18)14-5-3-1-2-4-6-14/h8H,1-7H2,(H2,12,15)(H,13,18)(H,16,17)/t8-/m1/s1. The van der Waals surface area contributed by atoms with Crippen LogP contribution in [0.5, 0.6) is 0 Å². The summed E-state index contributed by atoms with van der Waals surface area (Å²) in [6.07, 6.45) is 3.59. The predicted molar refractivity (Wildman–Crippen MR) is 63.8 cm³/mol. The summed E-state index contributed by atoms with van der Waals surface area (Å²) < 4.78 is 0. The highest BCUT2D eigenvalue weighted by Crippen LogP contribution is 2.09. The fraction of sp³-hybridized carbons (Fsp3) is 0.727. The zero-order valence-electron chi connectivity index (χ0n) is 10.2. The molecule has 7 heteroatoms. The van der Waals surface area contributed by atoms with Crippen LogP contribution in [0.15, 0.2) is 0 Å². The number of hydrogen-bond donors (Lipinski definition) is 3. The number of carbonyl (C=O) groups is 3. The van der Waals surface area contributed by atoms with E-state index >= 15 is 0 Å². The summed E-state index contributed by atoms with van der Waals surface area (Å²) in [7, 11) is 0. The number of carboxylic acids is 1. The minimum absolute atomic E-state index is 0.394. The maximum atomic E-state index is 11.8. The van der Waals surface area contributed by atoms with E-state index in [9.17, 15) is 14.4 Å². The summed E-state index contributed by atoms with van der Waals surface area (Å²) in [5.41, 5.74) is 4.94. The zero-order chi connectivity index (χ0) is 13.5. The monoisotopic (exact) mass is 257 g/mol. The van der Waals surface area contributed by atoms with Crippen molar-refractivity contribution in [2.24, 2.45) is 5.73 Å². The summed E-state index contributed by atoms with van der Waals surface area (Å²) in [6.45, 7) is 1.24. The van der Waals surface area contributed by atoms with E-state index in [0.29, 0.717) is 13.1 Å². The molecule has 1 heterocycles. The van der Waals surface area contributed by atoms with Crippen LogP contribution in [0.25, 0.3) is 0 Å². The van der Waals surface area contributed by atoms with Gasteiger partial charge < -0.3 is 21.1 Å². The van der Waals surface area contributed by atoms with Gasteiger partial charge in [-0.3, -0.25) is 4.79 Å². The van der Waals surface area contributed by atoms with E-state index in [1.807, 2.05) is 0 Å². The number of amides is 3. The molecule has 1 atom stereocenters. The Morgan fingerprint density at radius 3 is 2.17 bits per heavy atom. The van der Waals surface area contributed by atoms with Gasteiger partial charge in [0.2, 0.25) is 5.91 Å². The van der Waals surface area contributed by atoms with Gasteiger partial charge in [0.15, 0.2) is 0 Å². The third-order valence-electron chi connectivity index (χ3n) is 2.89. The smallest absolute Gasteiger partial charge is 0.326 e. The Hall–Kier alpha value is -1.79. The van der Waals surface area contributed by atoms with Gasteiger partial charge >= 0.3 is 12.0 Å². The van der Waals surface area contributed by atoms with Crippen LogP contribution < -0.4 is 11.1 Å². The van der Waals surface area contributed by atoms with Crippen molar-refractivity contribution < 1.29 is 19.5 Å². The highest BCUT2D eigenvalue weighted by Gasteiger charge is 2.25. The molecule has 3 amide bonds. The van der Waals surface area contributed by atoms with Crippen LogP contribution in [0.4, 0.5) is 4.79 Å². The Morgan fingerprint density at radius 1 is 1.17 bits per heavy atom. The second-order valence-corrected chi connectivity index (χ2v) is 4.41. The third kappa shape index (κ3) is 4.60. The molecule has 4 N–H and O–H groups in total. The van der Waals surface area contributed by atoms with Crippen LogP contribution in [0.1, 0.15) is 32.1 Å². The zero-order valence-corrected chi connectivity index (χ0v) is 10.2. The molecule has 0 bridgehead atoms. The average Bonchev–Trinajstić information content (AvgIpc) is 2.55. The van der Waals surface area contributed by atoms with Gasteiger partial charge in [-0.05, 0) is 12.8 Å². The molecule has 7 nitrogen and oxygen atoms in total. The van der Waals surface area contributed by atoms with Gasteiger partial charge in [-0.25, -0.2) is 9.59 Å². The fourth-order valence-electron chi connectivity index (χ4n) is 1.92. The van der Waals surface area contributed by atoms with E-state index in [-0.39, 0.29) is 0 Å². The number of aliphatic carboxylic acids is 1. The molecule has 18 heavy (non-hydrogen) atoms. The van der Waals surface area contributed by atoms with Gasteiger partial charge in [0.05, 0.1) is 6.42 Å². The number of carboxylic acid groups (broad SMARTS) is 1. The van der Waals surface area contributed by atoms with E-state index in [4.69, 9.17) is 10.8 Å². The van der Waals surface area contributed by atoms with Crippen molar-refractivity contribution >= 4 is 17.9 Å². The third-order valence-corrected chi connectivity index (χ3v) is 2.89. The van der Waals surface area contributed by atoms with Crippen LogP contribution in [-0.4, -0.2) is 47.0 Å². The first kappa shape index (κ1) is 14.3. The van der Waals surface area contributed by atoms with Crippen LogP contribution in [0.3, 0.4) is 0 Å². The molecule has 1 fully saturated rings. The summed E-state index contributed by atoms with van der Waals surface area (Å²) in [5.74, 6) is -2.00. The maximum Gasteiger partial charge on any atom is 0.326 e. The summed E-state index contributed by atoms with van der Waals surface area (Å²) in [6, 6.07) is -1.69. The van der Waals surface area contributed by atoms with Gasteiger partial charge in [-0.15, -0.1) is 0 Å². The van der Waals surface area contributed by atoms with E-state index in [1.54, 1.807) is 4.90 Å². The maximum absolute atomic E-state index is 11.8. The molecule has 0 spiro atoms. The largest absolute Gasteiger partial charge is 0.480 e. The first-order valence-corrected chi connectivity index (χ1v) is 6.07. The molecule has 0 aliphatic carbocycles. The molecule has 1 rings (SSSR count). The molecule has 0 saturated carbocycles. The van der Waals surface area contributed by atoms with E-state index < -0.39 is 30.4 Å². The topological polar surface area (TPSA) is 113 Å². The molecule has 1 aliphatic rings. The lowest BCUT2D eigenvalue weighted by molar-refractivity contribution is -0.140. The second-order valence-electron chi connectivity index (χ2n) is 4.41. The minimum atomic E-state index is -1.25. The minimum Gasteiger partial charge on any atom is -0.480 e. The van der Waals surface area contributed by atoms with E-state index in [1.165, 1.54) is 0 Å². The number of likely N-dealkylation sites (tertiary alicyclic amines) is 1. The molecule has 1 aliphatic heterocycles. The summed E-state index contributed by atoms with van der Waals surface area (Å²) in [4.78, 5) is 35.0. The van der Waals surface area contributed by atoms with Gasteiger partial charge in [-0.1, -0.05) is 12.8 Å². The first-order valence-electron chi connectivity index (χ1n) is 6.07. The van der Waals surface area contributed by atoms with Crippen molar-refractivity contribution in [3.63, 3.8) is 0 Å². The number of carbonyl (C=O) groups excluding carboxylic acids is 2. The van der Waals surface area contributed by atoms with Crippen LogP contribution >= 0.6 is 0 Å². The Bertz CT molecular complexity index is 324. The molecule has 0 aromatic carbocycles. The van der Waals surface area contributed by atoms with Crippen molar-refractivity contribution in [3.05, 3.63) is 0 Å². The Kier molecular flexibility index (Phi) is 5.41. The Morgan fingerprint density at radius 2 is 1.72 bits per heavy atom. The van der Waals surface area contributed by atoms with Crippen molar-refractivity contribution in [2.45, 2.75) is 38.1 Å². The van der Waals surface area contributed by atoms with Crippen LogP contribution in [-0.2, 0) is 9.59 Å². The molecule has 102 valence electrons. The molecule has 0 aromatic rings. The van der Waals surface area contributed by atoms with Gasteiger partial charge in [0.25, 0.3) is 0 Å². The fourth-order valence-corrected chi connectivity index (χ4v) is 1.92. The highest BCUT2D eigenvalue weighted by molar-refractivity contribution is 5.87. The summed E-state index contributed by atoms with van der Waals surface area (Å²) >= 11 is 0. The molecule has 0 aromatic heterocycles. The number of nitrogens with zero attached hydrogens (tertiary/aromatic N) is 1. The normalized spacial score (nSPS) is 17.7. The SMILES string of the molecule is NC(=O)C[C@@H](NC(=O)N1CCCCCC1)C(=O)O. The van der Waals surface area contributed by atoms with Gasteiger partial charge in [0, 0.05) is 13.1 Å². The number of primary amides is 1. The lowest BCUT2D eigenvalue weighted by atomic mass is 10.2. The number of nitrogens with two attached hydrogens (primary N) is 1. The van der Waals surface area contributed by atoms with Gasteiger partial charge in [0.1, 0.15) is 6.04 Å². The number of hydrogen-bond acceptors (Lipinski definition) is 3. The molecular weight excluding hydrogens is 238 g/mol. The van der Waals surface area contributed by atoms with Crippen LogP contribution in [0.2, 0.25) is 0 Å². The molecular formula is C11H19N3O4. The Balaban J connectivity index is 2.53. The quantitative estimate of drug-likeness (QED) is 0.652. The number of rotatable bonds is 4. The number of nitrogens with one attached hydrogen (secondary N) is 1. The van der Waals surface area contributed by atoms with E-state index in [2.05, 4.69) is 5.32 Å². The molecule has 0 unspecified atom stereocenters. The first-order chi connectivity index (χ1) is 8.50. The van der Waals surface area contributed by atoms with Crippen LogP contribution in [0, 0.1) is 0 Å². The Labute approximate surface area is 105 Å². The van der Waals surface area contributed by atoms with Crippen molar-refractivity contribution in [3.8, 4) is 0 Å². The lowest BCUT2D eigenvalue weighted by Crippen LogP contribution is -2.49. The second kappa shape index (κ2) is 6.83. The molecule has 0 radical (unpaired) electrons. The van der Waals surface area contributed by atoms with Crippen molar-refractivity contribution in [1.29, 1.82) is 0 Å². The predicted octanol–water partition coefficient (Wildman–Crippen LogP) is -0.0994. The van der Waals surface area contributed by atoms with Gasteiger partial charge in [-0.2, -0.15) is 0 Å². The van der Waals surface area contributed by atoms with Crippen molar-refractivity contribution in [1.82, 2.24) is 10.2 Å². The van der Waals surface area contributed by atoms with E-state index in [0.717, 1.165) is 25.7 Å². The summed E-state index contributed by atoms with van der Waals surface area (Å²) in [5, 5.41) is 11.2. The average molecular weight is 257 g/mol. The lowest BCUT2D eigenvalue weighted by Gasteiger charge is -2.23. The number of urea groups is 1. The molecule has 1 saturated heterocycles.